The third kappa shape index (κ3) is 3.99. The van der Waals surface area contributed by atoms with Crippen LogP contribution in [0, 0.1) is 0 Å². The van der Waals surface area contributed by atoms with Gasteiger partial charge in [-0.25, -0.2) is 0 Å². The summed E-state index contributed by atoms with van der Waals surface area (Å²) in [5.41, 5.74) is 0.816. The minimum atomic E-state index is -0.0423. The maximum atomic E-state index is 11.7. The molecule has 1 aromatic carbocycles. The van der Waals surface area contributed by atoms with Crippen molar-refractivity contribution in [3.8, 4) is 5.75 Å². The van der Waals surface area contributed by atoms with E-state index in [1.54, 1.807) is 18.4 Å². The molecule has 0 spiro atoms. The molecule has 5 heteroatoms. The number of ether oxygens (including phenoxy) is 1. The van der Waals surface area contributed by atoms with Crippen LogP contribution >= 0.6 is 11.3 Å². The van der Waals surface area contributed by atoms with E-state index < -0.39 is 0 Å². The number of carbonyl (C=O) groups is 1. The minimum Gasteiger partial charge on any atom is -0.495 e. The SMILES string of the molecule is COc1ccccc1NCC(=O)NCc1cccs1. The standard InChI is InChI=1S/C14H16N2O2S/c1-18-13-7-3-2-6-12(13)15-10-14(17)16-9-11-5-4-8-19-11/h2-8,15H,9-10H2,1H3,(H,16,17). The molecule has 100 valence electrons. The quantitative estimate of drug-likeness (QED) is 0.852. The predicted octanol–water partition coefficient (Wildman–Crippen LogP) is 2.49. The first-order chi connectivity index (χ1) is 9.29. The Bertz CT molecular complexity index is 526. The number of hydrogen-bond donors (Lipinski definition) is 2. The fraction of sp³-hybridized carbons (Fsp3) is 0.214. The first-order valence-electron chi connectivity index (χ1n) is 5.95. The number of anilines is 1. The molecule has 19 heavy (non-hydrogen) atoms. The Hall–Kier alpha value is -2.01. The van der Waals surface area contributed by atoms with Gasteiger partial charge in [-0.1, -0.05) is 18.2 Å². The molecule has 0 saturated heterocycles. The van der Waals surface area contributed by atoms with Crippen molar-refractivity contribution in [3.05, 3.63) is 46.7 Å². The van der Waals surface area contributed by atoms with Gasteiger partial charge in [0.15, 0.2) is 0 Å². The summed E-state index contributed by atoms with van der Waals surface area (Å²) in [6.07, 6.45) is 0. The Balaban J connectivity index is 1.80. The van der Waals surface area contributed by atoms with Crippen LogP contribution in [0.4, 0.5) is 5.69 Å². The number of methoxy groups -OCH3 is 1. The van der Waals surface area contributed by atoms with E-state index in [1.807, 2.05) is 41.8 Å². The van der Waals surface area contributed by atoms with Gasteiger partial charge >= 0.3 is 0 Å². The lowest BCUT2D eigenvalue weighted by Gasteiger charge is -2.10. The highest BCUT2D eigenvalue weighted by Crippen LogP contribution is 2.22. The zero-order valence-electron chi connectivity index (χ0n) is 10.7. The molecule has 0 aliphatic heterocycles. The zero-order valence-corrected chi connectivity index (χ0v) is 11.5. The van der Waals surface area contributed by atoms with Crippen molar-refractivity contribution in [2.24, 2.45) is 0 Å². The lowest BCUT2D eigenvalue weighted by Crippen LogP contribution is -2.29. The molecule has 4 nitrogen and oxygen atoms in total. The fourth-order valence-corrected chi connectivity index (χ4v) is 2.27. The van der Waals surface area contributed by atoms with Gasteiger partial charge in [-0.3, -0.25) is 4.79 Å². The maximum Gasteiger partial charge on any atom is 0.239 e. The average molecular weight is 276 g/mol. The number of rotatable bonds is 6. The van der Waals surface area contributed by atoms with Crippen LogP contribution in [0.15, 0.2) is 41.8 Å². The molecule has 0 radical (unpaired) electrons. The van der Waals surface area contributed by atoms with Crippen molar-refractivity contribution >= 4 is 22.9 Å². The van der Waals surface area contributed by atoms with Crippen molar-refractivity contribution in [3.63, 3.8) is 0 Å². The molecule has 0 unspecified atom stereocenters. The molecule has 0 saturated carbocycles. The molecule has 1 heterocycles. The molecule has 2 rings (SSSR count). The van der Waals surface area contributed by atoms with Crippen LogP contribution < -0.4 is 15.4 Å². The normalized spacial score (nSPS) is 9.95. The van der Waals surface area contributed by atoms with E-state index in [0.717, 1.165) is 16.3 Å². The van der Waals surface area contributed by atoms with E-state index in [2.05, 4.69) is 10.6 Å². The van der Waals surface area contributed by atoms with Crippen LogP contribution in [-0.4, -0.2) is 19.6 Å². The number of amides is 1. The molecule has 0 bridgehead atoms. The minimum absolute atomic E-state index is 0.0423. The lowest BCUT2D eigenvalue weighted by atomic mass is 10.3. The summed E-state index contributed by atoms with van der Waals surface area (Å²) in [4.78, 5) is 12.8. The van der Waals surface area contributed by atoms with Crippen molar-refractivity contribution in [1.29, 1.82) is 0 Å². The molecule has 0 atom stereocenters. The molecular formula is C14H16N2O2S. The first kappa shape index (κ1) is 13.4. The van der Waals surface area contributed by atoms with Crippen LogP contribution in [0.25, 0.3) is 0 Å². The highest BCUT2D eigenvalue weighted by Gasteiger charge is 2.04. The highest BCUT2D eigenvalue weighted by molar-refractivity contribution is 7.09. The second-order valence-electron chi connectivity index (χ2n) is 3.91. The number of benzene rings is 1. The Morgan fingerprint density at radius 2 is 2.11 bits per heavy atom. The predicted molar refractivity (Wildman–Crippen MR) is 77.6 cm³/mol. The van der Waals surface area contributed by atoms with E-state index in [4.69, 9.17) is 4.74 Å². The van der Waals surface area contributed by atoms with Crippen LogP contribution in [-0.2, 0) is 11.3 Å². The molecule has 0 aliphatic carbocycles. The molecule has 2 aromatic rings. The van der Waals surface area contributed by atoms with E-state index in [1.165, 1.54) is 0 Å². The molecule has 0 fully saturated rings. The summed E-state index contributed by atoms with van der Waals surface area (Å²) in [5, 5.41) is 7.92. The molecular weight excluding hydrogens is 260 g/mol. The van der Waals surface area contributed by atoms with Gasteiger partial charge in [0, 0.05) is 4.88 Å². The first-order valence-corrected chi connectivity index (χ1v) is 6.83. The number of hydrogen-bond acceptors (Lipinski definition) is 4. The monoisotopic (exact) mass is 276 g/mol. The summed E-state index contributed by atoms with van der Waals surface area (Å²) in [6.45, 7) is 0.801. The van der Waals surface area contributed by atoms with Gasteiger partial charge in [-0.05, 0) is 23.6 Å². The fourth-order valence-electron chi connectivity index (χ4n) is 1.63. The van der Waals surface area contributed by atoms with Gasteiger partial charge in [-0.2, -0.15) is 0 Å². The van der Waals surface area contributed by atoms with Crippen molar-refractivity contribution in [2.75, 3.05) is 19.0 Å². The summed E-state index contributed by atoms with van der Waals surface area (Å²) >= 11 is 1.63. The lowest BCUT2D eigenvalue weighted by molar-refractivity contribution is -0.119. The Labute approximate surface area is 116 Å². The second-order valence-corrected chi connectivity index (χ2v) is 4.94. The van der Waals surface area contributed by atoms with Crippen LogP contribution in [0.1, 0.15) is 4.88 Å². The summed E-state index contributed by atoms with van der Waals surface area (Å²) in [7, 11) is 1.61. The van der Waals surface area contributed by atoms with Gasteiger partial charge in [0.05, 0.1) is 25.9 Å². The van der Waals surface area contributed by atoms with Crippen LogP contribution in [0.5, 0.6) is 5.75 Å². The molecule has 1 amide bonds. The number of thiophene rings is 1. The Kier molecular flexibility index (Phi) is 4.80. The van der Waals surface area contributed by atoms with E-state index in [0.29, 0.717) is 6.54 Å². The van der Waals surface area contributed by atoms with Crippen LogP contribution in [0.3, 0.4) is 0 Å². The smallest absolute Gasteiger partial charge is 0.239 e. The second kappa shape index (κ2) is 6.80. The summed E-state index contributed by atoms with van der Waals surface area (Å²) in [5.74, 6) is 0.688. The third-order valence-corrected chi connectivity index (χ3v) is 3.46. The third-order valence-electron chi connectivity index (χ3n) is 2.59. The molecule has 1 aromatic heterocycles. The molecule has 2 N–H and O–H groups in total. The topological polar surface area (TPSA) is 50.4 Å². The number of para-hydroxylation sites is 2. The van der Waals surface area contributed by atoms with Gasteiger partial charge in [0.25, 0.3) is 0 Å². The van der Waals surface area contributed by atoms with Crippen molar-refractivity contribution < 1.29 is 9.53 Å². The van der Waals surface area contributed by atoms with Crippen molar-refractivity contribution in [2.45, 2.75) is 6.54 Å². The van der Waals surface area contributed by atoms with Gasteiger partial charge in [0.2, 0.25) is 5.91 Å². The van der Waals surface area contributed by atoms with E-state index >= 15 is 0 Å². The van der Waals surface area contributed by atoms with Gasteiger partial charge < -0.3 is 15.4 Å². The van der Waals surface area contributed by atoms with Gasteiger partial charge in [0.1, 0.15) is 5.75 Å². The zero-order chi connectivity index (χ0) is 13.5. The van der Waals surface area contributed by atoms with E-state index in [-0.39, 0.29) is 12.5 Å². The summed E-state index contributed by atoms with van der Waals surface area (Å²) in [6, 6.07) is 11.5. The summed E-state index contributed by atoms with van der Waals surface area (Å²) < 4.78 is 5.20. The Morgan fingerprint density at radius 1 is 1.26 bits per heavy atom. The van der Waals surface area contributed by atoms with E-state index in [9.17, 15) is 4.79 Å². The Morgan fingerprint density at radius 3 is 2.84 bits per heavy atom. The number of carbonyl (C=O) groups excluding carboxylic acids is 1. The largest absolute Gasteiger partial charge is 0.495 e. The van der Waals surface area contributed by atoms with Gasteiger partial charge in [-0.15, -0.1) is 11.3 Å². The molecule has 0 aliphatic rings. The highest BCUT2D eigenvalue weighted by atomic mass is 32.1. The maximum absolute atomic E-state index is 11.7. The number of nitrogens with one attached hydrogen (secondary N) is 2. The average Bonchev–Trinajstić information content (AvgIpc) is 2.96. The van der Waals surface area contributed by atoms with Crippen LogP contribution in [0.2, 0.25) is 0 Å². The van der Waals surface area contributed by atoms with Crippen molar-refractivity contribution in [1.82, 2.24) is 5.32 Å².